The number of amides is 1. The van der Waals surface area contributed by atoms with Crippen molar-refractivity contribution in [3.05, 3.63) is 114 Å². The van der Waals surface area contributed by atoms with Crippen molar-refractivity contribution < 1.29 is 23.8 Å². The van der Waals surface area contributed by atoms with Gasteiger partial charge >= 0.3 is 5.91 Å². The number of aliphatic hydroxyl groups is 1. The van der Waals surface area contributed by atoms with E-state index in [-0.39, 0.29) is 22.3 Å². The molecule has 0 spiro atoms. The van der Waals surface area contributed by atoms with Crippen molar-refractivity contribution in [3.63, 3.8) is 0 Å². The van der Waals surface area contributed by atoms with Crippen LogP contribution in [0.25, 0.3) is 5.76 Å². The number of aliphatic hydroxyl groups excluding tert-OH is 1. The monoisotopic (exact) mass is 560 g/mol. The Morgan fingerprint density at radius 2 is 1.79 bits per heavy atom. The SMILES string of the molecule is C=CCOc1ccc(C2C(=C(O)c3ccncc3)C(=O)C(=O)N2c2nnc(SCc3ccc(F)cc3)s2)cc1. The number of Topliss-reactive ketones (excluding diaryl/α,β-unsaturated/α-hetero) is 1. The minimum Gasteiger partial charge on any atom is -0.507 e. The lowest BCUT2D eigenvalue weighted by Gasteiger charge is -2.22. The van der Waals surface area contributed by atoms with Gasteiger partial charge in [-0.15, -0.1) is 10.2 Å². The number of hydrogen-bond acceptors (Lipinski definition) is 9. The van der Waals surface area contributed by atoms with Crippen molar-refractivity contribution in [3.8, 4) is 5.75 Å². The number of benzene rings is 2. The van der Waals surface area contributed by atoms with Crippen LogP contribution in [0.1, 0.15) is 22.7 Å². The summed E-state index contributed by atoms with van der Waals surface area (Å²) in [6, 6.07) is 15.2. The molecule has 5 rings (SSSR count). The number of hydrogen-bond donors (Lipinski definition) is 1. The highest BCUT2D eigenvalue weighted by Gasteiger charge is 2.48. The van der Waals surface area contributed by atoms with Crippen molar-refractivity contribution in [2.75, 3.05) is 11.5 Å². The van der Waals surface area contributed by atoms with E-state index >= 15 is 0 Å². The van der Waals surface area contributed by atoms with Crippen LogP contribution in [0, 0.1) is 5.82 Å². The van der Waals surface area contributed by atoms with Crippen LogP contribution in [0.5, 0.6) is 5.75 Å². The smallest absolute Gasteiger partial charge is 0.301 e. The van der Waals surface area contributed by atoms with Gasteiger partial charge in [-0.25, -0.2) is 4.39 Å². The van der Waals surface area contributed by atoms with E-state index in [4.69, 9.17) is 4.74 Å². The average molecular weight is 561 g/mol. The second kappa shape index (κ2) is 11.6. The quantitative estimate of drug-likeness (QED) is 0.0709. The summed E-state index contributed by atoms with van der Waals surface area (Å²) < 4.78 is 19.3. The summed E-state index contributed by atoms with van der Waals surface area (Å²) in [5, 5.41) is 19.8. The van der Waals surface area contributed by atoms with E-state index in [2.05, 4.69) is 21.8 Å². The molecule has 11 heteroatoms. The lowest BCUT2D eigenvalue weighted by molar-refractivity contribution is -0.132. The minimum absolute atomic E-state index is 0.0679. The van der Waals surface area contributed by atoms with E-state index in [1.165, 1.54) is 41.2 Å². The Bertz CT molecular complexity index is 1540. The number of aromatic nitrogens is 3. The maximum absolute atomic E-state index is 13.3. The molecule has 39 heavy (non-hydrogen) atoms. The molecular formula is C28H21FN4O4S2. The predicted octanol–water partition coefficient (Wildman–Crippen LogP) is 5.56. The fraction of sp³-hybridized carbons (Fsp3) is 0.107. The van der Waals surface area contributed by atoms with Crippen LogP contribution >= 0.6 is 23.1 Å². The van der Waals surface area contributed by atoms with Crippen molar-refractivity contribution in [1.29, 1.82) is 0 Å². The van der Waals surface area contributed by atoms with Gasteiger partial charge in [0.1, 0.15) is 23.9 Å². The molecule has 196 valence electrons. The average Bonchev–Trinajstić information content (AvgIpc) is 3.54. The molecule has 1 saturated heterocycles. The van der Waals surface area contributed by atoms with Crippen LogP contribution < -0.4 is 9.64 Å². The molecule has 0 radical (unpaired) electrons. The van der Waals surface area contributed by atoms with Gasteiger partial charge in [0.2, 0.25) is 5.13 Å². The predicted molar refractivity (Wildman–Crippen MR) is 147 cm³/mol. The number of ether oxygens (including phenoxy) is 1. The number of ketones is 1. The van der Waals surface area contributed by atoms with Crippen LogP contribution in [0.3, 0.4) is 0 Å². The molecule has 1 aliphatic heterocycles. The Balaban J connectivity index is 1.51. The fourth-order valence-electron chi connectivity index (χ4n) is 4.00. The third kappa shape index (κ3) is 5.59. The van der Waals surface area contributed by atoms with Crippen LogP contribution in [0.15, 0.2) is 95.6 Å². The molecule has 3 heterocycles. The van der Waals surface area contributed by atoms with Crippen molar-refractivity contribution in [1.82, 2.24) is 15.2 Å². The van der Waals surface area contributed by atoms with Crippen molar-refractivity contribution in [2.45, 2.75) is 16.1 Å². The van der Waals surface area contributed by atoms with E-state index < -0.39 is 17.7 Å². The zero-order valence-electron chi connectivity index (χ0n) is 20.4. The first-order valence-electron chi connectivity index (χ1n) is 11.7. The van der Waals surface area contributed by atoms with Gasteiger partial charge in [-0.3, -0.25) is 19.5 Å². The number of nitrogens with zero attached hydrogens (tertiary/aromatic N) is 4. The number of rotatable bonds is 9. The molecule has 8 nitrogen and oxygen atoms in total. The molecule has 1 fully saturated rings. The summed E-state index contributed by atoms with van der Waals surface area (Å²) in [7, 11) is 0. The summed E-state index contributed by atoms with van der Waals surface area (Å²) in [5.74, 6) is -1.19. The van der Waals surface area contributed by atoms with Gasteiger partial charge in [0.25, 0.3) is 5.78 Å². The standard InChI is InChI=1S/C28H21FN4O4S2/c1-2-15-37-21-9-5-18(6-10-21)23-22(24(34)19-11-13-30-14-12-19)25(35)26(36)33(23)27-31-32-28(39-27)38-16-17-3-7-20(29)8-4-17/h2-14,23,34H,1,15-16H2. The first-order chi connectivity index (χ1) is 19.0. The largest absolute Gasteiger partial charge is 0.507 e. The maximum Gasteiger partial charge on any atom is 0.301 e. The van der Waals surface area contributed by atoms with Crippen LogP contribution in [-0.2, 0) is 15.3 Å². The highest BCUT2D eigenvalue weighted by atomic mass is 32.2. The Labute approximate surface area is 231 Å². The van der Waals surface area contributed by atoms with Crippen LogP contribution in [0.2, 0.25) is 0 Å². The van der Waals surface area contributed by atoms with E-state index in [0.717, 1.165) is 16.9 Å². The van der Waals surface area contributed by atoms with E-state index in [0.29, 0.717) is 33.6 Å². The van der Waals surface area contributed by atoms with Gasteiger partial charge in [0, 0.05) is 23.7 Å². The number of anilines is 1. The first-order valence-corrected chi connectivity index (χ1v) is 13.5. The Kier molecular flexibility index (Phi) is 7.80. The van der Waals surface area contributed by atoms with Gasteiger partial charge in [0.15, 0.2) is 4.34 Å². The first kappa shape index (κ1) is 26.3. The summed E-state index contributed by atoms with van der Waals surface area (Å²) in [6.07, 6.45) is 4.60. The molecule has 1 amide bonds. The normalized spacial score (nSPS) is 16.4. The number of pyridine rings is 1. The molecule has 1 aliphatic rings. The maximum atomic E-state index is 13.3. The van der Waals surface area contributed by atoms with Gasteiger partial charge in [-0.2, -0.15) is 0 Å². The second-order valence-electron chi connectivity index (χ2n) is 8.34. The molecule has 1 unspecified atom stereocenters. The molecule has 0 aliphatic carbocycles. The summed E-state index contributed by atoms with van der Waals surface area (Å²) in [4.78, 5) is 31.9. The van der Waals surface area contributed by atoms with Crippen LogP contribution in [-0.4, -0.2) is 38.6 Å². The van der Waals surface area contributed by atoms with Crippen molar-refractivity contribution >= 4 is 45.7 Å². The lowest BCUT2D eigenvalue weighted by atomic mass is 9.95. The molecule has 0 bridgehead atoms. The third-order valence-electron chi connectivity index (χ3n) is 5.84. The number of carbonyl (C=O) groups is 2. The zero-order chi connectivity index (χ0) is 27.4. The van der Waals surface area contributed by atoms with Crippen LogP contribution in [0.4, 0.5) is 9.52 Å². The number of halogens is 1. The highest BCUT2D eigenvalue weighted by Crippen LogP contribution is 2.44. The molecule has 4 aromatic rings. The van der Waals surface area contributed by atoms with E-state index in [9.17, 15) is 19.1 Å². The van der Waals surface area contributed by atoms with Gasteiger partial charge in [0.05, 0.1) is 11.6 Å². The molecular weight excluding hydrogens is 539 g/mol. The second-order valence-corrected chi connectivity index (χ2v) is 10.5. The molecule has 2 aromatic heterocycles. The Morgan fingerprint density at radius 3 is 2.49 bits per heavy atom. The highest BCUT2D eigenvalue weighted by molar-refractivity contribution is 8.00. The molecule has 0 saturated carbocycles. The molecule has 2 aromatic carbocycles. The Hall–Kier alpha value is -4.35. The Morgan fingerprint density at radius 1 is 1.08 bits per heavy atom. The minimum atomic E-state index is -0.950. The van der Waals surface area contributed by atoms with E-state index in [1.807, 2.05) is 0 Å². The third-order valence-corrected chi connectivity index (χ3v) is 7.97. The fourth-order valence-corrected chi connectivity index (χ4v) is 5.82. The summed E-state index contributed by atoms with van der Waals surface area (Å²) >= 11 is 2.53. The summed E-state index contributed by atoms with van der Waals surface area (Å²) in [6.45, 7) is 3.96. The van der Waals surface area contributed by atoms with E-state index in [1.54, 1.807) is 54.6 Å². The molecule has 1 atom stereocenters. The van der Waals surface area contributed by atoms with Gasteiger partial charge < -0.3 is 9.84 Å². The summed E-state index contributed by atoms with van der Waals surface area (Å²) in [5.41, 5.74) is 1.76. The number of carbonyl (C=O) groups excluding carboxylic acids is 2. The lowest BCUT2D eigenvalue weighted by Crippen LogP contribution is -2.29. The van der Waals surface area contributed by atoms with Crippen molar-refractivity contribution in [2.24, 2.45) is 0 Å². The molecule has 1 N–H and O–H groups in total. The van der Waals surface area contributed by atoms with Gasteiger partial charge in [-0.05, 0) is 47.5 Å². The topological polar surface area (TPSA) is 106 Å². The number of thioether (sulfide) groups is 1. The zero-order valence-corrected chi connectivity index (χ0v) is 22.0. The van der Waals surface area contributed by atoms with Gasteiger partial charge in [-0.1, -0.05) is 60.0 Å².